The minimum atomic E-state index is -0.458. The van der Waals surface area contributed by atoms with Crippen LogP contribution < -0.4 is 25.4 Å². The zero-order valence-electron chi connectivity index (χ0n) is 15.7. The first-order chi connectivity index (χ1) is 13.1. The van der Waals surface area contributed by atoms with Gasteiger partial charge in [-0.15, -0.1) is 12.4 Å². The van der Waals surface area contributed by atoms with E-state index in [9.17, 15) is 9.59 Å². The number of hydrogen-bond donors (Lipinski definition) is 3. The molecule has 1 fully saturated rings. The van der Waals surface area contributed by atoms with Crippen LogP contribution in [0.4, 0.5) is 5.69 Å². The van der Waals surface area contributed by atoms with Crippen LogP contribution in [0.15, 0.2) is 34.9 Å². The molecule has 152 valence electrons. The van der Waals surface area contributed by atoms with Crippen molar-refractivity contribution in [2.75, 3.05) is 32.6 Å². The predicted molar refractivity (Wildman–Crippen MR) is 107 cm³/mol. The number of piperidine rings is 1. The minimum absolute atomic E-state index is 0. The number of anilines is 1. The molecule has 0 unspecified atom stereocenters. The van der Waals surface area contributed by atoms with Gasteiger partial charge in [-0.3, -0.25) is 9.59 Å². The van der Waals surface area contributed by atoms with E-state index in [0.29, 0.717) is 23.7 Å². The maximum absolute atomic E-state index is 12.9. The van der Waals surface area contributed by atoms with Gasteiger partial charge in [-0.1, -0.05) is 0 Å². The topological polar surface area (TPSA) is 102 Å². The standard InChI is InChI=1S/C19H23N3O5.ClH/c1-25-16-9-13(18(23)21-12-5-3-7-20-11-12)14(10-17(16)26-2)22-19(24)15-6-4-8-27-15;/h4,6,8-10,12,20H,3,5,7,11H2,1-2H3,(H,21,23)(H,22,24);1H/t12-;/m0./s1. The van der Waals surface area contributed by atoms with Crippen molar-refractivity contribution in [2.24, 2.45) is 0 Å². The van der Waals surface area contributed by atoms with Gasteiger partial charge in [0.05, 0.1) is 31.7 Å². The second-order valence-corrected chi connectivity index (χ2v) is 6.20. The highest BCUT2D eigenvalue weighted by Crippen LogP contribution is 2.33. The summed E-state index contributed by atoms with van der Waals surface area (Å²) in [5.74, 6) is 0.205. The van der Waals surface area contributed by atoms with Gasteiger partial charge in [-0.05, 0) is 37.6 Å². The van der Waals surface area contributed by atoms with E-state index in [4.69, 9.17) is 13.9 Å². The summed E-state index contributed by atoms with van der Waals surface area (Å²) in [6.45, 7) is 1.67. The van der Waals surface area contributed by atoms with Crippen LogP contribution >= 0.6 is 12.4 Å². The molecular formula is C19H24ClN3O5. The number of methoxy groups -OCH3 is 2. The van der Waals surface area contributed by atoms with Gasteiger partial charge in [-0.25, -0.2) is 0 Å². The molecule has 2 amide bonds. The van der Waals surface area contributed by atoms with Crippen LogP contribution in [0.3, 0.4) is 0 Å². The number of ether oxygens (including phenoxy) is 2. The molecule has 1 saturated heterocycles. The average Bonchev–Trinajstić information content (AvgIpc) is 3.23. The predicted octanol–water partition coefficient (Wildman–Crippen LogP) is 2.45. The van der Waals surface area contributed by atoms with Crippen molar-refractivity contribution in [1.29, 1.82) is 0 Å². The monoisotopic (exact) mass is 409 g/mol. The quantitative estimate of drug-likeness (QED) is 0.677. The summed E-state index contributed by atoms with van der Waals surface area (Å²) < 4.78 is 15.7. The SMILES string of the molecule is COc1cc(NC(=O)c2ccco2)c(C(=O)N[C@H]2CCCNC2)cc1OC.Cl. The summed E-state index contributed by atoms with van der Waals surface area (Å²) in [7, 11) is 2.98. The summed E-state index contributed by atoms with van der Waals surface area (Å²) in [6, 6.07) is 6.32. The number of hydrogen-bond acceptors (Lipinski definition) is 6. The van der Waals surface area contributed by atoms with Gasteiger partial charge in [-0.2, -0.15) is 0 Å². The normalized spacial score (nSPS) is 15.9. The largest absolute Gasteiger partial charge is 0.493 e. The lowest BCUT2D eigenvalue weighted by atomic mass is 10.1. The molecule has 1 aliphatic heterocycles. The molecule has 1 aromatic heterocycles. The Morgan fingerprint density at radius 1 is 1.18 bits per heavy atom. The molecule has 1 aromatic carbocycles. The van der Waals surface area contributed by atoms with Gasteiger partial charge < -0.3 is 29.8 Å². The van der Waals surface area contributed by atoms with Crippen molar-refractivity contribution < 1.29 is 23.5 Å². The number of nitrogens with one attached hydrogen (secondary N) is 3. The van der Waals surface area contributed by atoms with E-state index in [-0.39, 0.29) is 35.7 Å². The minimum Gasteiger partial charge on any atom is -0.493 e. The molecule has 2 aromatic rings. The Morgan fingerprint density at radius 2 is 1.93 bits per heavy atom. The Bertz CT molecular complexity index is 804. The molecular weight excluding hydrogens is 386 g/mol. The molecule has 9 heteroatoms. The van der Waals surface area contributed by atoms with Gasteiger partial charge in [0, 0.05) is 18.7 Å². The number of amides is 2. The Hall–Kier alpha value is -2.71. The van der Waals surface area contributed by atoms with Crippen molar-refractivity contribution in [3.05, 3.63) is 41.9 Å². The van der Waals surface area contributed by atoms with Crippen LogP contribution in [-0.2, 0) is 0 Å². The third-order valence-corrected chi connectivity index (χ3v) is 4.39. The van der Waals surface area contributed by atoms with Crippen molar-refractivity contribution >= 4 is 29.9 Å². The van der Waals surface area contributed by atoms with Crippen LogP contribution in [0.5, 0.6) is 11.5 Å². The van der Waals surface area contributed by atoms with Gasteiger partial charge in [0.25, 0.3) is 11.8 Å². The highest BCUT2D eigenvalue weighted by atomic mass is 35.5. The molecule has 0 radical (unpaired) electrons. The number of halogens is 1. The number of rotatable bonds is 6. The van der Waals surface area contributed by atoms with Crippen LogP contribution in [-0.4, -0.2) is 45.2 Å². The number of benzene rings is 1. The van der Waals surface area contributed by atoms with Crippen LogP contribution in [0.1, 0.15) is 33.8 Å². The first kappa shape index (κ1) is 21.6. The first-order valence-electron chi connectivity index (χ1n) is 8.75. The van der Waals surface area contributed by atoms with Crippen LogP contribution in [0, 0.1) is 0 Å². The molecule has 0 spiro atoms. The molecule has 3 rings (SSSR count). The van der Waals surface area contributed by atoms with E-state index >= 15 is 0 Å². The van der Waals surface area contributed by atoms with Gasteiger partial charge in [0.2, 0.25) is 0 Å². The molecule has 1 atom stereocenters. The van der Waals surface area contributed by atoms with Crippen LogP contribution in [0.25, 0.3) is 0 Å². The molecule has 0 bridgehead atoms. The van der Waals surface area contributed by atoms with Crippen molar-refractivity contribution in [2.45, 2.75) is 18.9 Å². The lowest BCUT2D eigenvalue weighted by molar-refractivity contribution is 0.0931. The average molecular weight is 410 g/mol. The van der Waals surface area contributed by atoms with E-state index in [2.05, 4.69) is 16.0 Å². The molecule has 0 saturated carbocycles. The molecule has 0 aliphatic carbocycles. The second kappa shape index (κ2) is 10.0. The van der Waals surface area contributed by atoms with E-state index in [1.54, 1.807) is 24.3 Å². The smallest absolute Gasteiger partial charge is 0.291 e. The fourth-order valence-electron chi connectivity index (χ4n) is 3.00. The summed E-state index contributed by atoms with van der Waals surface area (Å²) in [6.07, 6.45) is 3.31. The van der Waals surface area contributed by atoms with Crippen molar-refractivity contribution in [3.63, 3.8) is 0 Å². The maximum Gasteiger partial charge on any atom is 0.291 e. The maximum atomic E-state index is 12.9. The van der Waals surface area contributed by atoms with Crippen molar-refractivity contribution in [3.8, 4) is 11.5 Å². The molecule has 8 nitrogen and oxygen atoms in total. The van der Waals surface area contributed by atoms with Gasteiger partial charge in [0.1, 0.15) is 0 Å². The first-order valence-corrected chi connectivity index (χ1v) is 8.75. The zero-order valence-corrected chi connectivity index (χ0v) is 16.6. The fourth-order valence-corrected chi connectivity index (χ4v) is 3.00. The highest BCUT2D eigenvalue weighted by molar-refractivity contribution is 6.08. The number of carbonyl (C=O) groups is 2. The van der Waals surface area contributed by atoms with E-state index in [1.807, 2.05) is 0 Å². The summed E-state index contributed by atoms with van der Waals surface area (Å²) >= 11 is 0. The zero-order chi connectivity index (χ0) is 19.2. The highest BCUT2D eigenvalue weighted by Gasteiger charge is 2.22. The molecule has 2 heterocycles. The molecule has 1 aliphatic rings. The van der Waals surface area contributed by atoms with E-state index in [1.165, 1.54) is 20.5 Å². The van der Waals surface area contributed by atoms with Crippen molar-refractivity contribution in [1.82, 2.24) is 10.6 Å². The van der Waals surface area contributed by atoms with E-state index in [0.717, 1.165) is 19.4 Å². The number of furan rings is 1. The second-order valence-electron chi connectivity index (χ2n) is 6.20. The summed E-state index contributed by atoms with van der Waals surface area (Å²) in [5.41, 5.74) is 0.605. The van der Waals surface area contributed by atoms with Crippen LogP contribution in [0.2, 0.25) is 0 Å². The Morgan fingerprint density at radius 3 is 2.54 bits per heavy atom. The fraction of sp³-hybridized carbons (Fsp3) is 0.368. The Kier molecular flexibility index (Phi) is 7.71. The third-order valence-electron chi connectivity index (χ3n) is 4.39. The van der Waals surface area contributed by atoms with Gasteiger partial charge >= 0.3 is 0 Å². The van der Waals surface area contributed by atoms with Gasteiger partial charge in [0.15, 0.2) is 17.3 Å². The third kappa shape index (κ3) is 4.96. The van der Waals surface area contributed by atoms with E-state index < -0.39 is 5.91 Å². The summed E-state index contributed by atoms with van der Waals surface area (Å²) in [4.78, 5) is 25.2. The Balaban J connectivity index is 0.00000280. The number of carbonyl (C=O) groups excluding carboxylic acids is 2. The lowest BCUT2D eigenvalue weighted by Gasteiger charge is -2.24. The summed E-state index contributed by atoms with van der Waals surface area (Å²) in [5, 5.41) is 8.97. The Labute approximate surface area is 169 Å². The molecule has 3 N–H and O–H groups in total. The lowest BCUT2D eigenvalue weighted by Crippen LogP contribution is -2.45. The molecule has 28 heavy (non-hydrogen) atoms.